The lowest BCUT2D eigenvalue weighted by atomic mass is 10.0. The van der Waals surface area contributed by atoms with Crippen molar-refractivity contribution in [2.75, 3.05) is 11.9 Å². The van der Waals surface area contributed by atoms with Crippen LogP contribution in [0.2, 0.25) is 0 Å². The lowest BCUT2D eigenvalue weighted by molar-refractivity contribution is -0.161. The highest BCUT2D eigenvalue weighted by atomic mass is 19.4. The van der Waals surface area contributed by atoms with E-state index in [9.17, 15) is 18.0 Å². The van der Waals surface area contributed by atoms with Gasteiger partial charge in [-0.1, -0.05) is 6.07 Å². The highest BCUT2D eigenvalue weighted by Crippen LogP contribution is 2.58. The molecule has 0 atom stereocenters. The summed E-state index contributed by atoms with van der Waals surface area (Å²) in [6.45, 7) is 5.41. The molecule has 3 aromatic heterocycles. The fourth-order valence-electron chi connectivity index (χ4n) is 5.08. The third kappa shape index (κ3) is 3.88. The minimum Gasteiger partial charge on any atom is -0.324 e. The molecule has 0 amide bonds. The molecule has 11 heteroatoms. The zero-order valence-corrected chi connectivity index (χ0v) is 20.4. The normalized spacial score (nSPS) is 16.7. The van der Waals surface area contributed by atoms with Crippen molar-refractivity contribution < 1.29 is 13.2 Å². The van der Waals surface area contributed by atoms with Gasteiger partial charge in [0, 0.05) is 30.7 Å². The molecule has 6 rings (SSSR count). The van der Waals surface area contributed by atoms with Gasteiger partial charge in [0.25, 0.3) is 5.56 Å². The summed E-state index contributed by atoms with van der Waals surface area (Å²) in [7, 11) is 0. The number of pyridine rings is 1. The zero-order chi connectivity index (χ0) is 25.9. The summed E-state index contributed by atoms with van der Waals surface area (Å²) in [6, 6.07) is 8.83. The molecule has 0 bridgehead atoms. The Hall–Kier alpha value is -3.73. The summed E-state index contributed by atoms with van der Waals surface area (Å²) in [5, 5.41) is 6.85. The molecule has 1 aromatic carbocycles. The molecule has 37 heavy (non-hydrogen) atoms. The molecule has 0 saturated heterocycles. The topological polar surface area (TPSA) is 89.7 Å². The summed E-state index contributed by atoms with van der Waals surface area (Å²) in [5.41, 5.74) is 1.72. The molecular weight excluding hydrogens is 483 g/mol. The molecule has 1 fully saturated rings. The van der Waals surface area contributed by atoms with Crippen LogP contribution in [-0.2, 0) is 18.4 Å². The number of rotatable bonds is 5. The van der Waals surface area contributed by atoms with Crippen LogP contribution in [-0.4, -0.2) is 37.0 Å². The predicted octanol–water partition coefficient (Wildman–Crippen LogP) is 4.54. The number of aromatic nitrogens is 5. The van der Waals surface area contributed by atoms with E-state index in [2.05, 4.69) is 31.7 Å². The van der Waals surface area contributed by atoms with E-state index in [1.807, 2.05) is 26.0 Å². The van der Waals surface area contributed by atoms with Crippen LogP contribution in [0, 0.1) is 0 Å². The first kappa shape index (κ1) is 23.7. The number of hydrogen-bond acceptors (Lipinski definition) is 6. The van der Waals surface area contributed by atoms with Gasteiger partial charge in [0.15, 0.2) is 5.65 Å². The number of benzene rings is 1. The molecule has 0 unspecified atom stereocenters. The molecule has 1 saturated carbocycles. The fourth-order valence-corrected chi connectivity index (χ4v) is 5.08. The van der Waals surface area contributed by atoms with Gasteiger partial charge in [0.05, 0.1) is 11.4 Å². The number of nitrogens with zero attached hydrogens (tertiary/aromatic N) is 5. The quantitative estimate of drug-likeness (QED) is 0.411. The van der Waals surface area contributed by atoms with Crippen molar-refractivity contribution in [2.24, 2.45) is 0 Å². The van der Waals surface area contributed by atoms with Crippen molar-refractivity contribution >= 4 is 22.7 Å². The van der Waals surface area contributed by atoms with Crippen molar-refractivity contribution in [1.29, 1.82) is 0 Å². The first-order chi connectivity index (χ1) is 17.7. The number of hydrogen-bond donors (Lipinski definition) is 2. The molecule has 0 spiro atoms. The number of nitrogens with one attached hydrogen (secondary N) is 2. The minimum absolute atomic E-state index is 0.00288. The van der Waals surface area contributed by atoms with Gasteiger partial charge >= 0.3 is 6.18 Å². The molecule has 1 aliphatic heterocycles. The Labute approximate surface area is 210 Å². The van der Waals surface area contributed by atoms with Crippen molar-refractivity contribution in [3.8, 4) is 5.69 Å². The molecule has 2 aliphatic rings. The molecule has 2 N–H and O–H groups in total. The number of fused-ring (bicyclic) bond motifs is 2. The maximum absolute atomic E-state index is 13.8. The smallest absolute Gasteiger partial charge is 0.324 e. The van der Waals surface area contributed by atoms with Gasteiger partial charge in [-0.15, -0.1) is 0 Å². The molecular formula is C26H26F3N7O. The summed E-state index contributed by atoms with van der Waals surface area (Å²) < 4.78 is 44.5. The fraction of sp³-hybridized carbons (Fsp3) is 0.385. The Morgan fingerprint density at radius 2 is 1.92 bits per heavy atom. The first-order valence-electron chi connectivity index (χ1n) is 12.3. The molecule has 0 radical (unpaired) electrons. The minimum atomic E-state index is -4.39. The summed E-state index contributed by atoms with van der Waals surface area (Å²) in [4.78, 5) is 26.3. The summed E-state index contributed by atoms with van der Waals surface area (Å²) in [5.74, 6) is 0.286. The second-order valence-corrected chi connectivity index (χ2v) is 10.0. The van der Waals surface area contributed by atoms with Gasteiger partial charge in [-0.25, -0.2) is 14.3 Å². The third-order valence-corrected chi connectivity index (χ3v) is 7.23. The largest absolute Gasteiger partial charge is 0.399 e. The standard InChI is InChI=1S/C26H26F3N7O/c1-15(2)35-23(37)20-14-32-24(33-18-4-3-16-5-9-30-13-17(16)11-18)34-22(20)36(35)19-6-10-31-21(12-19)25(7-8-25)26(27,28)29/h3-4,6,10-12,14-15,30H,5,7-9,13H2,1-2H3,(H,32,33,34). The van der Waals surface area contributed by atoms with Crippen molar-refractivity contribution in [3.63, 3.8) is 0 Å². The number of alkyl halides is 3. The van der Waals surface area contributed by atoms with Crippen LogP contribution in [0.15, 0.2) is 47.5 Å². The lowest BCUT2D eigenvalue weighted by Gasteiger charge is -2.20. The average Bonchev–Trinajstić information content (AvgIpc) is 3.64. The van der Waals surface area contributed by atoms with E-state index in [-0.39, 0.29) is 41.5 Å². The molecule has 4 heterocycles. The van der Waals surface area contributed by atoms with Crippen LogP contribution in [0.1, 0.15) is 49.6 Å². The monoisotopic (exact) mass is 509 g/mol. The van der Waals surface area contributed by atoms with Crippen molar-refractivity contribution in [3.05, 3.63) is 69.9 Å². The van der Waals surface area contributed by atoms with E-state index in [0.29, 0.717) is 11.3 Å². The van der Waals surface area contributed by atoms with Gasteiger partial charge in [-0.2, -0.15) is 18.2 Å². The molecule has 8 nitrogen and oxygen atoms in total. The van der Waals surface area contributed by atoms with E-state index in [4.69, 9.17) is 0 Å². The van der Waals surface area contributed by atoms with Crippen LogP contribution >= 0.6 is 0 Å². The van der Waals surface area contributed by atoms with Crippen molar-refractivity contribution in [1.82, 2.24) is 29.6 Å². The van der Waals surface area contributed by atoms with Gasteiger partial charge in [-0.3, -0.25) is 9.78 Å². The number of anilines is 2. The maximum atomic E-state index is 13.8. The average molecular weight is 510 g/mol. The van der Waals surface area contributed by atoms with E-state index in [1.54, 1.807) is 10.7 Å². The van der Waals surface area contributed by atoms with Crippen LogP contribution in [0.3, 0.4) is 0 Å². The van der Waals surface area contributed by atoms with Crippen LogP contribution in [0.5, 0.6) is 0 Å². The van der Waals surface area contributed by atoms with Crippen LogP contribution in [0.4, 0.5) is 24.8 Å². The lowest BCUT2D eigenvalue weighted by Crippen LogP contribution is -2.30. The maximum Gasteiger partial charge on any atom is 0.399 e. The van der Waals surface area contributed by atoms with E-state index < -0.39 is 11.6 Å². The third-order valence-electron chi connectivity index (χ3n) is 7.23. The zero-order valence-electron chi connectivity index (χ0n) is 20.4. The van der Waals surface area contributed by atoms with E-state index in [1.165, 1.54) is 34.3 Å². The van der Waals surface area contributed by atoms with Crippen molar-refractivity contribution in [2.45, 2.75) is 57.3 Å². The molecule has 192 valence electrons. The highest BCUT2D eigenvalue weighted by molar-refractivity contribution is 5.77. The van der Waals surface area contributed by atoms with E-state index in [0.717, 1.165) is 25.2 Å². The Balaban J connectivity index is 1.46. The summed E-state index contributed by atoms with van der Waals surface area (Å²) in [6.07, 6.45) is -0.595. The van der Waals surface area contributed by atoms with Crippen LogP contribution in [0.25, 0.3) is 16.7 Å². The SMILES string of the molecule is CC(C)n1c(=O)c2cnc(Nc3ccc4c(c3)CNCC4)nc2n1-c1ccnc(C2(C(F)(F)F)CC2)c1. The second-order valence-electron chi connectivity index (χ2n) is 10.0. The predicted molar refractivity (Wildman–Crippen MR) is 133 cm³/mol. The van der Waals surface area contributed by atoms with Crippen LogP contribution < -0.4 is 16.2 Å². The molecule has 4 aromatic rings. The first-order valence-corrected chi connectivity index (χ1v) is 12.3. The Morgan fingerprint density at radius 3 is 2.65 bits per heavy atom. The van der Waals surface area contributed by atoms with Gasteiger partial charge in [0.1, 0.15) is 10.8 Å². The Bertz CT molecular complexity index is 1570. The molecule has 1 aliphatic carbocycles. The Morgan fingerprint density at radius 1 is 1.11 bits per heavy atom. The Kier molecular flexibility index (Phi) is 5.37. The number of halogens is 3. The van der Waals surface area contributed by atoms with E-state index >= 15 is 0 Å². The highest BCUT2D eigenvalue weighted by Gasteiger charge is 2.65. The van der Waals surface area contributed by atoms with Gasteiger partial charge in [-0.05, 0) is 75.0 Å². The second kappa shape index (κ2) is 8.41. The van der Waals surface area contributed by atoms with Gasteiger partial charge < -0.3 is 10.6 Å². The van der Waals surface area contributed by atoms with Gasteiger partial charge in [0.2, 0.25) is 5.95 Å². The summed E-state index contributed by atoms with van der Waals surface area (Å²) >= 11 is 0.